The second-order valence-electron chi connectivity index (χ2n) is 6.82. The monoisotopic (exact) mass is 433 g/mol. The zero-order chi connectivity index (χ0) is 20.6. The molecule has 0 saturated carbocycles. The predicted octanol–water partition coefficient (Wildman–Crippen LogP) is 4.03. The first kappa shape index (κ1) is 22.1. The average Bonchev–Trinajstić information content (AvgIpc) is 2.88. The molecule has 0 atom stereocenters. The number of thioether (sulfide) groups is 1. The standard InChI is InChI=1S/C22H28ClN3O2S/c1-3-18(23)16-19-17(2)29-21-7-5-4-6-20(21)24-22(19)26-10-8-25(9-11-26)12-14-28-15-13-27/h3-7,16,27H,2,8-15H2,1H3/b18-3+,19-16+. The van der Waals surface area contributed by atoms with Crippen LogP contribution in [0.3, 0.4) is 0 Å². The van der Waals surface area contributed by atoms with Crippen molar-refractivity contribution in [2.75, 3.05) is 52.5 Å². The number of piperazine rings is 1. The fourth-order valence-corrected chi connectivity index (χ4v) is 4.27. The number of para-hydroxylation sites is 1. The largest absolute Gasteiger partial charge is 0.394 e. The van der Waals surface area contributed by atoms with Crippen molar-refractivity contribution >= 4 is 34.9 Å². The molecular formula is C22H28ClN3O2S. The number of aliphatic hydroxyl groups is 1. The second-order valence-corrected chi connectivity index (χ2v) is 8.40. The van der Waals surface area contributed by atoms with Crippen molar-refractivity contribution < 1.29 is 9.84 Å². The predicted molar refractivity (Wildman–Crippen MR) is 122 cm³/mol. The van der Waals surface area contributed by atoms with Crippen LogP contribution in [0.15, 0.2) is 68.4 Å². The van der Waals surface area contributed by atoms with Gasteiger partial charge in [0, 0.05) is 53.1 Å². The SMILES string of the molecule is C=C1Sc2ccccc2N=C(N2CCN(CCOCCO)CC2)/C1=C/C(Cl)=C\C. The van der Waals surface area contributed by atoms with Gasteiger partial charge in [0.05, 0.1) is 25.5 Å². The molecule has 2 aliphatic rings. The van der Waals surface area contributed by atoms with Crippen molar-refractivity contribution in [2.24, 2.45) is 4.99 Å². The summed E-state index contributed by atoms with van der Waals surface area (Å²) in [6.45, 7) is 11.9. The molecule has 5 nitrogen and oxygen atoms in total. The molecule has 1 fully saturated rings. The van der Waals surface area contributed by atoms with Crippen LogP contribution < -0.4 is 0 Å². The number of ether oxygens (including phenoxy) is 1. The molecule has 1 N–H and O–H groups in total. The van der Waals surface area contributed by atoms with Gasteiger partial charge in [0.1, 0.15) is 5.84 Å². The van der Waals surface area contributed by atoms with E-state index in [1.54, 1.807) is 11.8 Å². The summed E-state index contributed by atoms with van der Waals surface area (Å²) in [6, 6.07) is 8.17. The molecule has 156 valence electrons. The minimum absolute atomic E-state index is 0.0703. The molecule has 1 saturated heterocycles. The van der Waals surface area contributed by atoms with Gasteiger partial charge >= 0.3 is 0 Å². The molecule has 0 aromatic heterocycles. The molecule has 1 aromatic rings. The lowest BCUT2D eigenvalue weighted by Crippen LogP contribution is -2.49. The number of hydrogen-bond donors (Lipinski definition) is 1. The smallest absolute Gasteiger partial charge is 0.137 e. The second kappa shape index (κ2) is 11.0. The molecular weight excluding hydrogens is 406 g/mol. The number of hydrogen-bond acceptors (Lipinski definition) is 6. The first-order valence-corrected chi connectivity index (χ1v) is 11.1. The van der Waals surface area contributed by atoms with Crippen LogP contribution in [0, 0.1) is 0 Å². The number of halogens is 1. The zero-order valence-electron chi connectivity index (χ0n) is 16.8. The summed E-state index contributed by atoms with van der Waals surface area (Å²) in [7, 11) is 0. The Morgan fingerprint density at radius 2 is 2.03 bits per heavy atom. The third-order valence-corrected chi connectivity index (χ3v) is 6.24. The van der Waals surface area contributed by atoms with Gasteiger partial charge < -0.3 is 14.7 Å². The Morgan fingerprint density at radius 1 is 1.28 bits per heavy atom. The van der Waals surface area contributed by atoms with E-state index in [2.05, 4.69) is 22.4 Å². The summed E-state index contributed by atoms with van der Waals surface area (Å²) in [5.74, 6) is 0.934. The van der Waals surface area contributed by atoms with Crippen LogP contribution in [0.5, 0.6) is 0 Å². The molecule has 0 amide bonds. The van der Waals surface area contributed by atoms with E-state index in [0.29, 0.717) is 18.2 Å². The van der Waals surface area contributed by atoms with Crippen LogP contribution in [0.25, 0.3) is 0 Å². The number of fused-ring (bicyclic) bond motifs is 1. The third-order valence-electron chi connectivity index (χ3n) is 4.88. The van der Waals surface area contributed by atoms with Crippen LogP contribution in [0.2, 0.25) is 0 Å². The Bertz CT molecular complexity index is 814. The topological polar surface area (TPSA) is 48.3 Å². The number of amidine groups is 1. The number of benzene rings is 1. The van der Waals surface area contributed by atoms with E-state index in [0.717, 1.165) is 59.6 Å². The Balaban J connectivity index is 1.79. The fourth-order valence-electron chi connectivity index (χ4n) is 3.27. The molecule has 0 spiro atoms. The summed E-state index contributed by atoms with van der Waals surface area (Å²) in [6.07, 6.45) is 3.85. The number of aliphatic hydroxyl groups excluding tert-OH is 1. The van der Waals surface area contributed by atoms with Gasteiger partial charge in [-0.1, -0.05) is 48.2 Å². The Labute approximate surface area is 182 Å². The van der Waals surface area contributed by atoms with Crippen molar-refractivity contribution in [1.29, 1.82) is 0 Å². The van der Waals surface area contributed by atoms with Gasteiger partial charge in [-0.05, 0) is 25.1 Å². The van der Waals surface area contributed by atoms with Gasteiger partial charge in [-0.2, -0.15) is 0 Å². The fraction of sp³-hybridized carbons (Fsp3) is 0.409. The first-order valence-electron chi connectivity index (χ1n) is 9.87. The van der Waals surface area contributed by atoms with Crippen LogP contribution in [0.4, 0.5) is 5.69 Å². The summed E-state index contributed by atoms with van der Waals surface area (Å²) in [5.41, 5.74) is 1.95. The minimum Gasteiger partial charge on any atom is -0.394 e. The summed E-state index contributed by atoms with van der Waals surface area (Å²) in [5, 5.41) is 9.50. The van der Waals surface area contributed by atoms with E-state index in [1.165, 1.54) is 0 Å². The highest BCUT2D eigenvalue weighted by atomic mass is 35.5. The van der Waals surface area contributed by atoms with E-state index >= 15 is 0 Å². The highest BCUT2D eigenvalue weighted by molar-refractivity contribution is 8.03. The van der Waals surface area contributed by atoms with Crippen molar-refractivity contribution in [3.8, 4) is 0 Å². The average molecular weight is 434 g/mol. The molecule has 0 radical (unpaired) electrons. The number of aliphatic imine (C=N–C) groups is 1. The molecule has 1 aromatic carbocycles. The van der Waals surface area contributed by atoms with E-state index in [9.17, 15) is 0 Å². The molecule has 0 unspecified atom stereocenters. The number of allylic oxidation sites excluding steroid dienone is 3. The summed E-state index contributed by atoms with van der Waals surface area (Å²) >= 11 is 8.00. The molecule has 29 heavy (non-hydrogen) atoms. The van der Waals surface area contributed by atoms with Gasteiger partial charge in [0.15, 0.2) is 0 Å². The number of nitrogens with zero attached hydrogens (tertiary/aromatic N) is 3. The normalized spacial score (nSPS) is 19.9. The maximum absolute atomic E-state index is 8.82. The molecule has 0 bridgehead atoms. The van der Waals surface area contributed by atoms with Crippen molar-refractivity contribution in [2.45, 2.75) is 11.8 Å². The highest BCUT2D eigenvalue weighted by Crippen LogP contribution is 2.41. The lowest BCUT2D eigenvalue weighted by molar-refractivity contribution is 0.0652. The van der Waals surface area contributed by atoms with Gasteiger partial charge in [-0.15, -0.1) is 0 Å². The molecule has 2 heterocycles. The van der Waals surface area contributed by atoms with Crippen molar-refractivity contribution in [3.05, 3.63) is 58.5 Å². The molecule has 0 aliphatic carbocycles. The summed E-state index contributed by atoms with van der Waals surface area (Å²) in [4.78, 5) is 11.8. The Kier molecular flexibility index (Phi) is 8.39. The lowest BCUT2D eigenvalue weighted by Gasteiger charge is -2.37. The summed E-state index contributed by atoms with van der Waals surface area (Å²) < 4.78 is 5.40. The molecule has 2 aliphatic heterocycles. The Hall–Kier alpha value is -1.57. The van der Waals surface area contributed by atoms with Crippen LogP contribution in [-0.4, -0.2) is 73.3 Å². The van der Waals surface area contributed by atoms with Crippen LogP contribution >= 0.6 is 23.4 Å². The van der Waals surface area contributed by atoms with Crippen molar-refractivity contribution in [3.63, 3.8) is 0 Å². The van der Waals surface area contributed by atoms with Gasteiger partial charge in [0.2, 0.25) is 0 Å². The van der Waals surface area contributed by atoms with Gasteiger partial charge in [-0.3, -0.25) is 4.90 Å². The van der Waals surface area contributed by atoms with Crippen LogP contribution in [0.1, 0.15) is 6.92 Å². The minimum atomic E-state index is 0.0703. The van der Waals surface area contributed by atoms with Gasteiger partial charge in [-0.25, -0.2) is 4.99 Å². The van der Waals surface area contributed by atoms with Gasteiger partial charge in [0.25, 0.3) is 0 Å². The third kappa shape index (κ3) is 5.96. The highest BCUT2D eigenvalue weighted by Gasteiger charge is 2.26. The maximum Gasteiger partial charge on any atom is 0.137 e. The van der Waals surface area contributed by atoms with Crippen molar-refractivity contribution in [1.82, 2.24) is 9.80 Å². The van der Waals surface area contributed by atoms with Crippen LogP contribution in [-0.2, 0) is 4.74 Å². The number of rotatable bonds is 6. The Morgan fingerprint density at radius 3 is 2.76 bits per heavy atom. The maximum atomic E-state index is 8.82. The quantitative estimate of drug-likeness (QED) is 0.686. The molecule has 7 heteroatoms. The molecule has 3 rings (SSSR count). The van der Waals surface area contributed by atoms with E-state index in [-0.39, 0.29) is 6.61 Å². The van der Waals surface area contributed by atoms with E-state index in [4.69, 9.17) is 26.4 Å². The van der Waals surface area contributed by atoms with E-state index < -0.39 is 0 Å². The lowest BCUT2D eigenvalue weighted by atomic mass is 10.1. The first-order chi connectivity index (χ1) is 14.1. The zero-order valence-corrected chi connectivity index (χ0v) is 18.4. The van der Waals surface area contributed by atoms with E-state index in [1.807, 2.05) is 37.3 Å².